The summed E-state index contributed by atoms with van der Waals surface area (Å²) in [5, 5.41) is 11.7. The molecule has 0 spiro atoms. The molecule has 94 valence electrons. The van der Waals surface area contributed by atoms with Gasteiger partial charge in [-0.05, 0) is 25.5 Å². The number of para-hydroxylation sites is 1. The quantitative estimate of drug-likeness (QED) is 0.874. The van der Waals surface area contributed by atoms with Gasteiger partial charge in [-0.2, -0.15) is 0 Å². The molecule has 6 heteroatoms. The van der Waals surface area contributed by atoms with Gasteiger partial charge in [0.25, 0.3) is 0 Å². The number of nitrogens with one attached hydrogen (secondary N) is 1. The van der Waals surface area contributed by atoms with Gasteiger partial charge in [0, 0.05) is 5.69 Å². The van der Waals surface area contributed by atoms with Crippen molar-refractivity contribution in [1.29, 1.82) is 0 Å². The van der Waals surface area contributed by atoms with Crippen LogP contribution in [-0.4, -0.2) is 21.9 Å². The summed E-state index contributed by atoms with van der Waals surface area (Å²) in [5.74, 6) is 0.324. The summed E-state index contributed by atoms with van der Waals surface area (Å²) >= 11 is 2.91. The normalized spacial score (nSPS) is 10.3. The number of hydrogen-bond acceptors (Lipinski definition) is 5. The fourth-order valence-electron chi connectivity index (χ4n) is 1.36. The summed E-state index contributed by atoms with van der Waals surface area (Å²) in [6.07, 6.45) is 0. The number of carbonyl (C=O) groups is 1. The lowest BCUT2D eigenvalue weighted by Gasteiger charge is -2.06. The number of carbonyl (C=O) groups excluding carboxylic acids is 1. The molecule has 0 fully saturated rings. The number of nitrogens with zero attached hydrogens (tertiary/aromatic N) is 2. The molecule has 1 heterocycles. The second-order valence-corrected chi connectivity index (χ2v) is 6.14. The zero-order chi connectivity index (χ0) is 13.0. The Bertz CT molecular complexity index is 554. The van der Waals surface area contributed by atoms with Gasteiger partial charge < -0.3 is 5.32 Å². The van der Waals surface area contributed by atoms with Gasteiger partial charge in [-0.25, -0.2) is 0 Å². The van der Waals surface area contributed by atoms with Crippen LogP contribution in [0.25, 0.3) is 0 Å². The van der Waals surface area contributed by atoms with E-state index in [0.717, 1.165) is 20.6 Å². The Morgan fingerprint density at radius 2 is 2.11 bits per heavy atom. The van der Waals surface area contributed by atoms with E-state index in [9.17, 15) is 4.79 Å². The third-order valence-electron chi connectivity index (χ3n) is 2.25. The Morgan fingerprint density at radius 3 is 2.78 bits per heavy atom. The van der Waals surface area contributed by atoms with Crippen LogP contribution in [0.5, 0.6) is 0 Å². The van der Waals surface area contributed by atoms with Gasteiger partial charge in [-0.3, -0.25) is 4.79 Å². The lowest BCUT2D eigenvalue weighted by atomic mass is 10.2. The molecule has 4 nitrogen and oxygen atoms in total. The van der Waals surface area contributed by atoms with Crippen LogP contribution in [0, 0.1) is 13.8 Å². The zero-order valence-electron chi connectivity index (χ0n) is 10.1. The lowest BCUT2D eigenvalue weighted by Crippen LogP contribution is -2.14. The Morgan fingerprint density at radius 1 is 1.33 bits per heavy atom. The molecule has 0 aliphatic carbocycles. The van der Waals surface area contributed by atoms with E-state index < -0.39 is 0 Å². The molecule has 0 saturated heterocycles. The minimum Gasteiger partial charge on any atom is -0.325 e. The molecule has 18 heavy (non-hydrogen) atoms. The summed E-state index contributed by atoms with van der Waals surface area (Å²) in [4.78, 5) is 11.8. The Labute approximate surface area is 114 Å². The maximum absolute atomic E-state index is 11.8. The average Bonchev–Trinajstić information content (AvgIpc) is 2.76. The molecular formula is C12H13N3OS2. The summed E-state index contributed by atoms with van der Waals surface area (Å²) in [5.41, 5.74) is 1.92. The minimum absolute atomic E-state index is 0.0258. The maximum atomic E-state index is 11.8. The predicted octanol–water partition coefficient (Wildman–Crippen LogP) is 2.89. The maximum Gasteiger partial charge on any atom is 0.234 e. The first-order valence-electron chi connectivity index (χ1n) is 5.43. The van der Waals surface area contributed by atoms with Crippen LogP contribution in [0.15, 0.2) is 28.6 Å². The summed E-state index contributed by atoms with van der Waals surface area (Å²) < 4.78 is 0.826. The van der Waals surface area contributed by atoms with Crippen LogP contribution >= 0.6 is 23.1 Å². The van der Waals surface area contributed by atoms with E-state index in [1.165, 1.54) is 23.1 Å². The molecule has 2 aromatic rings. The first kappa shape index (κ1) is 13.0. The molecule has 0 unspecified atom stereocenters. The van der Waals surface area contributed by atoms with Crippen LogP contribution in [0.4, 0.5) is 5.69 Å². The number of benzene rings is 1. The van der Waals surface area contributed by atoms with Crippen LogP contribution in [-0.2, 0) is 4.79 Å². The molecule has 0 aliphatic rings. The predicted molar refractivity (Wildman–Crippen MR) is 75.2 cm³/mol. The van der Waals surface area contributed by atoms with E-state index in [4.69, 9.17) is 0 Å². The number of thioether (sulfide) groups is 1. The average molecular weight is 279 g/mol. The highest BCUT2D eigenvalue weighted by molar-refractivity contribution is 8.01. The molecule has 0 aliphatic heterocycles. The van der Waals surface area contributed by atoms with E-state index in [0.29, 0.717) is 5.75 Å². The van der Waals surface area contributed by atoms with E-state index in [1.807, 2.05) is 38.1 Å². The SMILES string of the molecule is Cc1nnc(SCC(=O)Nc2ccccc2C)s1. The third kappa shape index (κ3) is 3.54. The van der Waals surface area contributed by atoms with Crippen LogP contribution in [0.1, 0.15) is 10.6 Å². The van der Waals surface area contributed by atoms with E-state index in [2.05, 4.69) is 15.5 Å². The molecule has 0 radical (unpaired) electrons. The van der Waals surface area contributed by atoms with E-state index in [1.54, 1.807) is 0 Å². The first-order valence-corrected chi connectivity index (χ1v) is 7.24. The van der Waals surface area contributed by atoms with Gasteiger partial charge in [-0.1, -0.05) is 41.3 Å². The van der Waals surface area contributed by atoms with Crippen molar-refractivity contribution in [3.8, 4) is 0 Å². The second-order valence-electron chi connectivity index (χ2n) is 3.74. The van der Waals surface area contributed by atoms with E-state index >= 15 is 0 Å². The van der Waals surface area contributed by atoms with Gasteiger partial charge >= 0.3 is 0 Å². The standard InChI is InChI=1S/C12H13N3OS2/c1-8-5-3-4-6-10(8)13-11(16)7-17-12-15-14-9(2)18-12/h3-6H,7H2,1-2H3,(H,13,16). The van der Waals surface area contributed by atoms with Crippen molar-refractivity contribution in [1.82, 2.24) is 10.2 Å². The summed E-state index contributed by atoms with van der Waals surface area (Å²) in [6.45, 7) is 3.87. The number of anilines is 1. The fourth-order valence-corrected chi connectivity index (χ4v) is 2.98. The van der Waals surface area contributed by atoms with Crippen molar-refractivity contribution >= 4 is 34.7 Å². The number of hydrogen-bond donors (Lipinski definition) is 1. The molecule has 2 rings (SSSR count). The second kappa shape index (κ2) is 5.97. The zero-order valence-corrected chi connectivity index (χ0v) is 11.8. The smallest absolute Gasteiger partial charge is 0.234 e. The highest BCUT2D eigenvalue weighted by Gasteiger charge is 2.07. The van der Waals surface area contributed by atoms with Crippen molar-refractivity contribution in [2.24, 2.45) is 0 Å². The topological polar surface area (TPSA) is 54.9 Å². The summed E-state index contributed by atoms with van der Waals surface area (Å²) in [7, 11) is 0. The number of amides is 1. The highest BCUT2D eigenvalue weighted by atomic mass is 32.2. The lowest BCUT2D eigenvalue weighted by molar-refractivity contribution is -0.113. The van der Waals surface area contributed by atoms with E-state index in [-0.39, 0.29) is 5.91 Å². The van der Waals surface area contributed by atoms with Gasteiger partial charge in [-0.15, -0.1) is 10.2 Å². The van der Waals surface area contributed by atoms with Crippen LogP contribution < -0.4 is 5.32 Å². The molecule has 0 saturated carbocycles. The Balaban J connectivity index is 1.88. The van der Waals surface area contributed by atoms with Gasteiger partial charge in [0.2, 0.25) is 5.91 Å². The molecular weight excluding hydrogens is 266 g/mol. The molecule has 1 aromatic heterocycles. The molecule has 0 bridgehead atoms. The molecule has 1 aromatic carbocycles. The molecule has 1 amide bonds. The molecule has 0 atom stereocenters. The van der Waals surface area contributed by atoms with Crippen molar-refractivity contribution < 1.29 is 4.79 Å². The minimum atomic E-state index is -0.0258. The van der Waals surface area contributed by atoms with Crippen molar-refractivity contribution in [3.63, 3.8) is 0 Å². The summed E-state index contributed by atoms with van der Waals surface area (Å²) in [6, 6.07) is 7.72. The van der Waals surface area contributed by atoms with Crippen molar-refractivity contribution in [2.45, 2.75) is 18.2 Å². The largest absolute Gasteiger partial charge is 0.325 e. The van der Waals surface area contributed by atoms with Gasteiger partial charge in [0.15, 0.2) is 4.34 Å². The molecule has 1 N–H and O–H groups in total. The Kier molecular flexibility index (Phi) is 4.33. The van der Waals surface area contributed by atoms with Gasteiger partial charge in [0.1, 0.15) is 5.01 Å². The number of aryl methyl sites for hydroxylation is 2. The highest BCUT2D eigenvalue weighted by Crippen LogP contribution is 2.22. The fraction of sp³-hybridized carbons (Fsp3) is 0.250. The first-order chi connectivity index (χ1) is 8.65. The third-order valence-corrected chi connectivity index (χ3v) is 4.23. The number of aromatic nitrogens is 2. The van der Waals surface area contributed by atoms with Crippen LogP contribution in [0.2, 0.25) is 0 Å². The Hall–Kier alpha value is -1.40. The van der Waals surface area contributed by atoms with Crippen molar-refractivity contribution in [3.05, 3.63) is 34.8 Å². The van der Waals surface area contributed by atoms with Crippen LogP contribution in [0.3, 0.4) is 0 Å². The van der Waals surface area contributed by atoms with Gasteiger partial charge in [0.05, 0.1) is 5.75 Å². The monoisotopic (exact) mass is 279 g/mol. The van der Waals surface area contributed by atoms with Crippen molar-refractivity contribution in [2.75, 3.05) is 11.1 Å². The number of rotatable bonds is 4.